The summed E-state index contributed by atoms with van der Waals surface area (Å²) in [5.74, 6) is 0.0541. The summed E-state index contributed by atoms with van der Waals surface area (Å²) >= 11 is 5.88. The largest absolute Gasteiger partial charge is 0.368 e. The smallest absolute Gasteiger partial charge is 0.237 e. The van der Waals surface area contributed by atoms with Crippen molar-refractivity contribution >= 4 is 23.3 Å². The molecule has 0 saturated carbocycles. The monoisotopic (exact) mass is 228 g/mol. The number of carbonyl (C=O) groups is 1. The van der Waals surface area contributed by atoms with Gasteiger partial charge in [-0.05, 0) is 13.8 Å². The fraction of sp³-hybridized carbons (Fsp3) is 0.444. The number of amides is 1. The van der Waals surface area contributed by atoms with Gasteiger partial charge in [-0.2, -0.15) is 0 Å². The molecule has 15 heavy (non-hydrogen) atoms. The molecule has 5 nitrogen and oxygen atoms in total. The van der Waals surface area contributed by atoms with Crippen LogP contribution in [-0.2, 0) is 4.79 Å². The van der Waals surface area contributed by atoms with Crippen LogP contribution in [0.3, 0.4) is 0 Å². The van der Waals surface area contributed by atoms with E-state index in [1.807, 2.05) is 13.8 Å². The van der Waals surface area contributed by atoms with E-state index in [0.29, 0.717) is 5.82 Å². The fourth-order valence-electron chi connectivity index (χ4n) is 1.18. The zero-order valence-corrected chi connectivity index (χ0v) is 9.40. The molecule has 6 heteroatoms. The Morgan fingerprint density at radius 2 is 2.13 bits per heavy atom. The average Bonchev–Trinajstić information content (AvgIpc) is 2.15. The highest BCUT2D eigenvalue weighted by atomic mass is 35.5. The Morgan fingerprint density at radius 3 is 2.60 bits per heavy atom. The summed E-state index contributed by atoms with van der Waals surface area (Å²) in [6, 6.07) is 0.0756. The van der Waals surface area contributed by atoms with Crippen molar-refractivity contribution in [1.29, 1.82) is 0 Å². The van der Waals surface area contributed by atoms with E-state index >= 15 is 0 Å². The van der Waals surface area contributed by atoms with Crippen molar-refractivity contribution in [3.63, 3.8) is 0 Å². The van der Waals surface area contributed by atoms with E-state index in [9.17, 15) is 4.79 Å². The molecule has 0 atom stereocenters. The molecule has 0 aromatic carbocycles. The molecule has 0 saturated heterocycles. The third kappa shape index (κ3) is 3.06. The number of nitrogens with two attached hydrogens (primary N) is 1. The molecule has 1 heterocycles. The van der Waals surface area contributed by atoms with E-state index in [1.54, 1.807) is 4.90 Å². The van der Waals surface area contributed by atoms with Gasteiger partial charge in [0.1, 0.15) is 0 Å². The number of hydrogen-bond acceptors (Lipinski definition) is 4. The van der Waals surface area contributed by atoms with Crippen LogP contribution in [0.4, 0.5) is 5.82 Å². The van der Waals surface area contributed by atoms with Crippen LogP contribution >= 0.6 is 11.6 Å². The van der Waals surface area contributed by atoms with Crippen molar-refractivity contribution in [2.75, 3.05) is 11.4 Å². The van der Waals surface area contributed by atoms with Crippen molar-refractivity contribution in [2.45, 2.75) is 19.9 Å². The van der Waals surface area contributed by atoms with Crippen molar-refractivity contribution in [3.8, 4) is 0 Å². The van der Waals surface area contributed by atoms with E-state index in [0.717, 1.165) is 0 Å². The maximum absolute atomic E-state index is 10.9. The summed E-state index contributed by atoms with van der Waals surface area (Å²) in [5.41, 5.74) is 5.15. The maximum atomic E-state index is 10.9. The van der Waals surface area contributed by atoms with Crippen LogP contribution in [0.2, 0.25) is 5.15 Å². The molecule has 0 aliphatic rings. The van der Waals surface area contributed by atoms with Gasteiger partial charge >= 0.3 is 0 Å². The molecule has 0 unspecified atom stereocenters. The number of rotatable bonds is 4. The molecular weight excluding hydrogens is 216 g/mol. The maximum Gasteiger partial charge on any atom is 0.237 e. The first kappa shape index (κ1) is 11.7. The van der Waals surface area contributed by atoms with Crippen LogP contribution in [0.25, 0.3) is 0 Å². The minimum Gasteiger partial charge on any atom is -0.368 e. The van der Waals surface area contributed by atoms with E-state index in [2.05, 4.69) is 9.97 Å². The summed E-state index contributed by atoms with van der Waals surface area (Å²) in [6.07, 6.45) is 3.02. The van der Waals surface area contributed by atoms with E-state index in [1.165, 1.54) is 12.4 Å². The van der Waals surface area contributed by atoms with Crippen LogP contribution < -0.4 is 10.6 Å². The minimum atomic E-state index is -0.426. The van der Waals surface area contributed by atoms with E-state index in [-0.39, 0.29) is 17.7 Å². The van der Waals surface area contributed by atoms with Crippen molar-refractivity contribution < 1.29 is 4.79 Å². The normalized spacial score (nSPS) is 10.4. The summed E-state index contributed by atoms with van der Waals surface area (Å²) < 4.78 is 0. The van der Waals surface area contributed by atoms with E-state index in [4.69, 9.17) is 17.3 Å². The Bertz CT molecular complexity index is 356. The molecule has 2 N–H and O–H groups in total. The number of carbonyl (C=O) groups excluding carboxylic acids is 1. The Morgan fingerprint density at radius 1 is 1.53 bits per heavy atom. The van der Waals surface area contributed by atoms with Gasteiger partial charge in [-0.15, -0.1) is 0 Å². The average molecular weight is 229 g/mol. The van der Waals surface area contributed by atoms with E-state index < -0.39 is 5.91 Å². The topological polar surface area (TPSA) is 72.1 Å². The molecule has 82 valence electrons. The number of anilines is 1. The zero-order valence-electron chi connectivity index (χ0n) is 8.64. The first-order chi connectivity index (χ1) is 7.02. The zero-order chi connectivity index (χ0) is 11.4. The summed E-state index contributed by atoms with van der Waals surface area (Å²) in [7, 11) is 0. The van der Waals surface area contributed by atoms with Gasteiger partial charge in [-0.25, -0.2) is 9.97 Å². The fourth-order valence-corrected chi connectivity index (χ4v) is 1.39. The standard InChI is InChI=1S/C9H13ClN4O/c1-6(2)14(5-7(11)15)9-8(10)12-3-4-13-9/h3-4,6H,5H2,1-2H3,(H2,11,15). The number of primary amides is 1. The number of aromatic nitrogens is 2. The molecule has 1 amide bonds. The van der Waals surface area contributed by atoms with Gasteiger partial charge in [0, 0.05) is 18.4 Å². The Kier molecular flexibility index (Phi) is 3.85. The highest BCUT2D eigenvalue weighted by Gasteiger charge is 2.17. The van der Waals surface area contributed by atoms with Gasteiger partial charge in [-0.3, -0.25) is 4.79 Å². The lowest BCUT2D eigenvalue weighted by Gasteiger charge is -2.26. The van der Waals surface area contributed by atoms with Crippen LogP contribution in [0.5, 0.6) is 0 Å². The summed E-state index contributed by atoms with van der Waals surface area (Å²) in [6.45, 7) is 3.93. The lowest BCUT2D eigenvalue weighted by molar-refractivity contribution is -0.116. The molecule has 1 aromatic heterocycles. The SMILES string of the molecule is CC(C)N(CC(N)=O)c1nccnc1Cl. The lowest BCUT2D eigenvalue weighted by Crippen LogP contribution is -2.39. The molecule has 1 rings (SSSR count). The second-order valence-corrected chi connectivity index (χ2v) is 3.72. The highest BCUT2D eigenvalue weighted by Crippen LogP contribution is 2.21. The van der Waals surface area contributed by atoms with Crippen molar-refractivity contribution in [3.05, 3.63) is 17.5 Å². The van der Waals surface area contributed by atoms with Crippen LogP contribution in [0, 0.1) is 0 Å². The second kappa shape index (κ2) is 4.93. The molecule has 0 aliphatic heterocycles. The minimum absolute atomic E-state index is 0.0756. The number of nitrogens with zero attached hydrogens (tertiary/aromatic N) is 3. The molecule has 0 bridgehead atoms. The third-order valence-electron chi connectivity index (χ3n) is 1.86. The molecule has 1 aromatic rings. The quantitative estimate of drug-likeness (QED) is 0.829. The summed E-state index contributed by atoms with van der Waals surface area (Å²) in [4.78, 5) is 20.6. The highest BCUT2D eigenvalue weighted by molar-refractivity contribution is 6.31. The third-order valence-corrected chi connectivity index (χ3v) is 2.12. The number of halogens is 1. The second-order valence-electron chi connectivity index (χ2n) is 3.36. The Hall–Kier alpha value is -1.36. The lowest BCUT2D eigenvalue weighted by atomic mass is 10.3. The Labute approximate surface area is 93.3 Å². The predicted molar refractivity (Wildman–Crippen MR) is 58.7 cm³/mol. The molecule has 0 fully saturated rings. The van der Waals surface area contributed by atoms with Gasteiger partial charge in [0.05, 0.1) is 6.54 Å². The Balaban J connectivity index is 2.99. The van der Waals surface area contributed by atoms with Gasteiger partial charge < -0.3 is 10.6 Å². The van der Waals surface area contributed by atoms with Gasteiger partial charge in [0.2, 0.25) is 5.91 Å². The van der Waals surface area contributed by atoms with Crippen LogP contribution in [0.15, 0.2) is 12.4 Å². The summed E-state index contributed by atoms with van der Waals surface area (Å²) in [5, 5.41) is 0.271. The molecular formula is C9H13ClN4O. The van der Waals surface area contributed by atoms with Crippen molar-refractivity contribution in [1.82, 2.24) is 9.97 Å². The predicted octanol–water partition coefficient (Wildman–Crippen LogP) is 0.830. The van der Waals surface area contributed by atoms with Gasteiger partial charge in [0.25, 0.3) is 0 Å². The number of hydrogen-bond donors (Lipinski definition) is 1. The first-order valence-electron chi connectivity index (χ1n) is 4.54. The van der Waals surface area contributed by atoms with Crippen molar-refractivity contribution in [2.24, 2.45) is 5.73 Å². The van der Waals surface area contributed by atoms with Gasteiger partial charge in [-0.1, -0.05) is 11.6 Å². The molecule has 0 aliphatic carbocycles. The van der Waals surface area contributed by atoms with Gasteiger partial charge in [0.15, 0.2) is 11.0 Å². The van der Waals surface area contributed by atoms with Crippen LogP contribution in [0.1, 0.15) is 13.8 Å². The first-order valence-corrected chi connectivity index (χ1v) is 4.91. The van der Waals surface area contributed by atoms with Crippen LogP contribution in [-0.4, -0.2) is 28.5 Å². The molecule has 0 spiro atoms. The molecule has 0 radical (unpaired) electrons.